The molecule has 0 aliphatic heterocycles. The molecule has 15 rings (SSSR count). The fraction of sp³-hybridized carbons (Fsp3) is 0. The Kier molecular flexibility index (Phi) is 8.56. The zero-order chi connectivity index (χ0) is 46.6. The summed E-state index contributed by atoms with van der Waals surface area (Å²) in [6.07, 6.45) is 0. The van der Waals surface area contributed by atoms with Crippen LogP contribution in [0, 0.1) is 0 Å². The summed E-state index contributed by atoms with van der Waals surface area (Å²) in [5, 5.41) is 11.1. The van der Waals surface area contributed by atoms with Gasteiger partial charge in [0, 0.05) is 66.1 Å². The lowest BCUT2D eigenvalue weighted by molar-refractivity contribution is 0.672. The molecule has 0 saturated heterocycles. The van der Waals surface area contributed by atoms with Gasteiger partial charge in [-0.25, -0.2) is 15.0 Å². The van der Waals surface area contributed by atoms with E-state index in [-0.39, 0.29) is 0 Å². The van der Waals surface area contributed by atoms with Gasteiger partial charge < -0.3 is 13.6 Å². The first-order valence-corrected chi connectivity index (χ1v) is 24.0. The average molecular weight is 906 g/mol. The monoisotopic (exact) mass is 905 g/mol. The van der Waals surface area contributed by atoms with Crippen LogP contribution in [0.5, 0.6) is 0 Å². The zero-order valence-electron chi connectivity index (χ0n) is 38.2. The fourth-order valence-corrected chi connectivity index (χ4v) is 11.0. The maximum Gasteiger partial charge on any atom is 0.164 e. The molecule has 6 heteroatoms. The van der Waals surface area contributed by atoms with Crippen LogP contribution in [-0.4, -0.2) is 24.1 Å². The highest BCUT2D eigenvalue weighted by Gasteiger charge is 2.24. The third-order valence-electron chi connectivity index (χ3n) is 14.3. The van der Waals surface area contributed by atoms with E-state index in [1.807, 2.05) is 6.07 Å². The normalized spacial score (nSPS) is 11.9. The Labute approximate surface area is 407 Å². The van der Waals surface area contributed by atoms with E-state index >= 15 is 0 Å². The van der Waals surface area contributed by atoms with Crippen LogP contribution >= 0.6 is 0 Å². The first kappa shape index (κ1) is 39.4. The van der Waals surface area contributed by atoms with Crippen molar-refractivity contribution >= 4 is 87.1 Å². The van der Waals surface area contributed by atoms with Gasteiger partial charge in [-0.05, 0) is 100 Å². The molecule has 6 nitrogen and oxygen atoms in total. The maximum absolute atomic E-state index is 7.10. The summed E-state index contributed by atoms with van der Waals surface area (Å²) in [7, 11) is 0. The van der Waals surface area contributed by atoms with Gasteiger partial charge in [0.05, 0.1) is 27.8 Å². The lowest BCUT2D eigenvalue weighted by atomic mass is 10.0. The van der Waals surface area contributed by atoms with Gasteiger partial charge in [-0.2, -0.15) is 0 Å². The third kappa shape index (κ3) is 6.18. The van der Waals surface area contributed by atoms with Crippen molar-refractivity contribution in [3.63, 3.8) is 0 Å². The molecule has 330 valence electrons. The van der Waals surface area contributed by atoms with Gasteiger partial charge in [0.2, 0.25) is 0 Å². The van der Waals surface area contributed by atoms with Gasteiger partial charge in [0.25, 0.3) is 0 Å². The van der Waals surface area contributed by atoms with Crippen molar-refractivity contribution < 1.29 is 4.42 Å². The second-order valence-electron chi connectivity index (χ2n) is 18.4. The van der Waals surface area contributed by atoms with Crippen LogP contribution in [0.2, 0.25) is 0 Å². The summed E-state index contributed by atoms with van der Waals surface area (Å²) < 4.78 is 11.8. The molecule has 0 amide bonds. The number of nitrogens with zero attached hydrogens (tertiary/aromatic N) is 5. The molecule has 0 fully saturated rings. The van der Waals surface area contributed by atoms with Crippen molar-refractivity contribution in [1.29, 1.82) is 0 Å². The summed E-state index contributed by atoms with van der Waals surface area (Å²) in [5.74, 6) is 1.71. The molecule has 0 saturated carbocycles. The Bertz CT molecular complexity index is 4640. The summed E-state index contributed by atoms with van der Waals surface area (Å²) in [6.45, 7) is 0. The van der Waals surface area contributed by atoms with Crippen LogP contribution in [0.4, 0.5) is 0 Å². The first-order chi connectivity index (χ1) is 35.2. The molecule has 0 atom stereocenters. The zero-order valence-corrected chi connectivity index (χ0v) is 38.2. The Morgan fingerprint density at radius 1 is 0.296 bits per heavy atom. The number of hydrogen-bond acceptors (Lipinski definition) is 4. The van der Waals surface area contributed by atoms with E-state index in [1.54, 1.807) is 0 Å². The molecular weight excluding hydrogens is 867 g/mol. The molecule has 4 aromatic heterocycles. The Balaban J connectivity index is 1.03. The minimum absolute atomic E-state index is 0.552. The first-order valence-electron chi connectivity index (χ1n) is 24.0. The second kappa shape index (κ2) is 15.4. The lowest BCUT2D eigenvalue weighted by Crippen LogP contribution is -2.02. The number of para-hydroxylation sites is 3. The molecule has 0 aliphatic carbocycles. The van der Waals surface area contributed by atoms with Crippen LogP contribution in [-0.2, 0) is 0 Å². The van der Waals surface area contributed by atoms with E-state index in [0.29, 0.717) is 17.5 Å². The van der Waals surface area contributed by atoms with Crippen molar-refractivity contribution in [3.05, 3.63) is 237 Å². The van der Waals surface area contributed by atoms with Crippen LogP contribution in [0.15, 0.2) is 241 Å². The number of benzene rings is 11. The topological polar surface area (TPSA) is 61.7 Å². The number of rotatable bonds is 6. The van der Waals surface area contributed by atoms with E-state index in [0.717, 1.165) is 105 Å². The second-order valence-corrected chi connectivity index (χ2v) is 18.4. The summed E-state index contributed by atoms with van der Waals surface area (Å²) in [5.41, 5.74) is 12.9. The molecular formula is C65H39N5O. The Morgan fingerprint density at radius 2 is 0.859 bits per heavy atom. The molecule has 0 spiro atoms. The van der Waals surface area contributed by atoms with E-state index in [1.165, 1.54) is 21.5 Å². The van der Waals surface area contributed by atoms with E-state index in [4.69, 9.17) is 19.4 Å². The molecule has 0 unspecified atom stereocenters. The SMILES string of the molecule is c1ccc(-c2cccc(-c3nc(-c4ccc5c(c4)c4ccccc4n5-c4ccccc4)nc(-c4cc(-n5c6ccccc6c6cc7ccccc7cc65)cc5oc6c7ccccc7ccc6c45)n3)c2)cc1. The minimum Gasteiger partial charge on any atom is -0.455 e. The van der Waals surface area contributed by atoms with Crippen molar-refractivity contribution in [2.75, 3.05) is 0 Å². The van der Waals surface area contributed by atoms with Crippen LogP contribution < -0.4 is 0 Å². The number of fused-ring (bicyclic) bond motifs is 12. The van der Waals surface area contributed by atoms with Gasteiger partial charge >= 0.3 is 0 Å². The Morgan fingerprint density at radius 3 is 1.62 bits per heavy atom. The van der Waals surface area contributed by atoms with Crippen molar-refractivity contribution in [3.8, 4) is 56.7 Å². The highest BCUT2D eigenvalue weighted by atomic mass is 16.3. The highest BCUT2D eigenvalue weighted by Crippen LogP contribution is 2.44. The largest absolute Gasteiger partial charge is 0.455 e. The molecule has 4 heterocycles. The van der Waals surface area contributed by atoms with E-state index in [2.05, 4.69) is 240 Å². The smallest absolute Gasteiger partial charge is 0.164 e. The molecule has 0 aliphatic rings. The molecule has 71 heavy (non-hydrogen) atoms. The van der Waals surface area contributed by atoms with Crippen LogP contribution in [0.1, 0.15) is 0 Å². The minimum atomic E-state index is 0.552. The Hall–Kier alpha value is -9.65. The molecule has 15 aromatic rings. The quantitative estimate of drug-likeness (QED) is 0.167. The lowest BCUT2D eigenvalue weighted by Gasteiger charge is -2.13. The highest BCUT2D eigenvalue weighted by molar-refractivity contribution is 6.20. The van der Waals surface area contributed by atoms with Crippen molar-refractivity contribution in [1.82, 2.24) is 24.1 Å². The summed E-state index contributed by atoms with van der Waals surface area (Å²) in [4.78, 5) is 16.4. The maximum atomic E-state index is 7.10. The van der Waals surface area contributed by atoms with Crippen LogP contribution in [0.25, 0.3) is 144 Å². The predicted molar refractivity (Wildman–Crippen MR) is 293 cm³/mol. The summed E-state index contributed by atoms with van der Waals surface area (Å²) in [6, 6.07) is 83.9. The van der Waals surface area contributed by atoms with Crippen molar-refractivity contribution in [2.24, 2.45) is 0 Å². The molecule has 0 bridgehead atoms. The van der Waals surface area contributed by atoms with Gasteiger partial charge in [-0.3, -0.25) is 0 Å². The van der Waals surface area contributed by atoms with Gasteiger partial charge in [-0.15, -0.1) is 0 Å². The number of furan rings is 1. The van der Waals surface area contributed by atoms with Crippen LogP contribution in [0.3, 0.4) is 0 Å². The van der Waals surface area contributed by atoms with Crippen molar-refractivity contribution in [2.45, 2.75) is 0 Å². The standard InChI is InChI=1S/C65H39N5O/c1-3-16-40(17-4-1)42-21-15-22-45(34-42)63-66-64(46-31-33-58-53(36-46)50-26-11-13-28-56(50)69(58)47-23-5-2-6-24-47)68-65(67-63)55-38-48(39-60-61(55)52-32-30-41-18-9-10-25-49(41)62(52)71-60)70-57-29-14-12-27-51(57)54-35-43-19-7-8-20-44(43)37-59(54)70/h1-39H. The predicted octanol–water partition coefficient (Wildman–Crippen LogP) is 16.9. The number of hydrogen-bond donors (Lipinski definition) is 0. The van der Waals surface area contributed by atoms with Gasteiger partial charge in [0.15, 0.2) is 17.5 Å². The molecule has 11 aromatic carbocycles. The van der Waals surface area contributed by atoms with E-state index in [9.17, 15) is 0 Å². The molecule has 0 N–H and O–H groups in total. The van der Waals surface area contributed by atoms with Gasteiger partial charge in [0.1, 0.15) is 11.2 Å². The number of aromatic nitrogens is 5. The van der Waals surface area contributed by atoms with Gasteiger partial charge in [-0.1, -0.05) is 158 Å². The van der Waals surface area contributed by atoms with E-state index < -0.39 is 0 Å². The average Bonchev–Trinajstić information content (AvgIpc) is 4.10. The third-order valence-corrected chi connectivity index (χ3v) is 14.3. The fourth-order valence-electron chi connectivity index (χ4n) is 11.0. The molecule has 0 radical (unpaired) electrons. The summed E-state index contributed by atoms with van der Waals surface area (Å²) >= 11 is 0.